The predicted molar refractivity (Wildman–Crippen MR) is 105 cm³/mol. The molecule has 0 aliphatic carbocycles. The van der Waals surface area contributed by atoms with Crippen molar-refractivity contribution < 1.29 is 19.2 Å². The Hall–Kier alpha value is -2.53. The van der Waals surface area contributed by atoms with Crippen molar-refractivity contribution >= 4 is 11.6 Å². The normalized spacial score (nSPS) is 21.5. The maximum absolute atomic E-state index is 12.6. The van der Waals surface area contributed by atoms with E-state index in [0.29, 0.717) is 25.8 Å². The third-order valence-corrected chi connectivity index (χ3v) is 5.46. The Kier molecular flexibility index (Phi) is 5.30. The van der Waals surface area contributed by atoms with Gasteiger partial charge in [0.15, 0.2) is 18.0 Å². The van der Waals surface area contributed by atoms with Crippen LogP contribution in [0.2, 0.25) is 0 Å². The topological polar surface area (TPSA) is 52.0 Å². The zero-order valence-corrected chi connectivity index (χ0v) is 15.8. The summed E-state index contributed by atoms with van der Waals surface area (Å²) in [4.78, 5) is 13.9. The van der Waals surface area contributed by atoms with Gasteiger partial charge in [-0.25, -0.2) is 0 Å². The molecule has 2 aliphatic heterocycles. The van der Waals surface area contributed by atoms with Crippen LogP contribution in [0.25, 0.3) is 0 Å². The van der Waals surface area contributed by atoms with Crippen molar-refractivity contribution in [2.45, 2.75) is 32.2 Å². The molecule has 0 saturated carbocycles. The van der Waals surface area contributed by atoms with E-state index in [4.69, 9.17) is 9.47 Å². The fourth-order valence-electron chi connectivity index (χ4n) is 4.04. The summed E-state index contributed by atoms with van der Waals surface area (Å²) in [6.45, 7) is 4.90. The van der Waals surface area contributed by atoms with E-state index in [1.807, 2.05) is 37.3 Å². The van der Waals surface area contributed by atoms with Gasteiger partial charge in [-0.3, -0.25) is 4.79 Å². The molecule has 5 nitrogen and oxygen atoms in total. The molecule has 142 valence electrons. The highest BCUT2D eigenvalue weighted by Gasteiger charge is 2.32. The van der Waals surface area contributed by atoms with E-state index >= 15 is 0 Å². The van der Waals surface area contributed by atoms with E-state index in [1.165, 1.54) is 10.5 Å². The fourth-order valence-corrected chi connectivity index (χ4v) is 4.04. The summed E-state index contributed by atoms with van der Waals surface area (Å²) in [7, 11) is 0. The van der Waals surface area contributed by atoms with E-state index in [0.717, 1.165) is 48.6 Å². The van der Waals surface area contributed by atoms with Crippen molar-refractivity contribution in [3.63, 3.8) is 0 Å². The average Bonchev–Trinajstić information content (AvgIpc) is 2.99. The monoisotopic (exact) mass is 367 g/mol. The van der Waals surface area contributed by atoms with Crippen LogP contribution in [0.5, 0.6) is 11.5 Å². The maximum atomic E-state index is 12.6. The number of rotatable bonds is 4. The molecule has 2 heterocycles. The molecule has 0 bridgehead atoms. The second-order valence-electron chi connectivity index (χ2n) is 7.40. The Labute approximate surface area is 160 Å². The highest BCUT2D eigenvalue weighted by molar-refractivity contribution is 5.92. The zero-order valence-electron chi connectivity index (χ0n) is 15.8. The number of hydrogen-bond donors (Lipinski definition) is 2. The van der Waals surface area contributed by atoms with Crippen molar-refractivity contribution in [2.75, 3.05) is 31.6 Å². The highest BCUT2D eigenvalue weighted by Crippen LogP contribution is 2.33. The lowest BCUT2D eigenvalue weighted by molar-refractivity contribution is -0.910. The highest BCUT2D eigenvalue weighted by atomic mass is 16.5. The Morgan fingerprint density at radius 1 is 1.11 bits per heavy atom. The molecule has 2 aliphatic rings. The number of benzene rings is 2. The second-order valence-corrected chi connectivity index (χ2v) is 7.40. The number of aryl methyl sites for hydroxylation is 1. The van der Waals surface area contributed by atoms with Crippen LogP contribution < -0.4 is 19.7 Å². The molecule has 1 unspecified atom stereocenters. The van der Waals surface area contributed by atoms with Crippen LogP contribution in [0, 0.1) is 6.92 Å². The minimum absolute atomic E-state index is 0.0699. The molecule has 1 fully saturated rings. The molecule has 4 rings (SSSR count). The van der Waals surface area contributed by atoms with Gasteiger partial charge in [0.25, 0.3) is 5.91 Å². The van der Waals surface area contributed by atoms with Gasteiger partial charge in [0.2, 0.25) is 0 Å². The van der Waals surface area contributed by atoms with Crippen molar-refractivity contribution in [2.24, 2.45) is 0 Å². The third kappa shape index (κ3) is 4.08. The SMILES string of the molecule is Cc1ccccc1NC(=O)C[NH+]1CCC[C@@H]1c1ccc2c(c1)OCCCO2. The average molecular weight is 367 g/mol. The fraction of sp³-hybridized carbons (Fsp3) is 0.409. The largest absolute Gasteiger partial charge is 0.490 e. The van der Waals surface area contributed by atoms with Gasteiger partial charge in [-0.15, -0.1) is 0 Å². The molecule has 5 heteroatoms. The van der Waals surface area contributed by atoms with Crippen molar-refractivity contribution in [3.8, 4) is 11.5 Å². The van der Waals surface area contributed by atoms with Crippen molar-refractivity contribution in [1.82, 2.24) is 0 Å². The summed E-state index contributed by atoms with van der Waals surface area (Å²) < 4.78 is 11.6. The molecular formula is C22H27N2O3+. The van der Waals surface area contributed by atoms with E-state index in [-0.39, 0.29) is 5.91 Å². The van der Waals surface area contributed by atoms with Crippen molar-refractivity contribution in [1.29, 1.82) is 0 Å². The first kappa shape index (κ1) is 17.9. The van der Waals surface area contributed by atoms with Gasteiger partial charge in [0, 0.05) is 30.5 Å². The molecule has 2 aromatic carbocycles. The van der Waals surface area contributed by atoms with Crippen LogP contribution in [-0.2, 0) is 4.79 Å². The van der Waals surface area contributed by atoms with Gasteiger partial charge >= 0.3 is 0 Å². The van der Waals surface area contributed by atoms with Crippen LogP contribution in [-0.4, -0.2) is 32.2 Å². The van der Waals surface area contributed by atoms with Gasteiger partial charge < -0.3 is 19.7 Å². The second kappa shape index (κ2) is 8.01. The number of nitrogens with one attached hydrogen (secondary N) is 2. The molecule has 2 aromatic rings. The van der Waals surface area contributed by atoms with E-state index in [2.05, 4.69) is 17.4 Å². The zero-order chi connectivity index (χ0) is 18.6. The number of ether oxygens (including phenoxy) is 2. The number of amides is 1. The Morgan fingerprint density at radius 2 is 1.93 bits per heavy atom. The number of para-hydroxylation sites is 1. The lowest BCUT2D eigenvalue weighted by atomic mass is 10.0. The first-order chi connectivity index (χ1) is 13.2. The Balaban J connectivity index is 1.45. The summed E-state index contributed by atoms with van der Waals surface area (Å²) >= 11 is 0. The number of carbonyl (C=O) groups excluding carboxylic acids is 1. The van der Waals surface area contributed by atoms with Gasteiger partial charge in [0.1, 0.15) is 6.04 Å². The number of anilines is 1. The van der Waals surface area contributed by atoms with Gasteiger partial charge in [-0.05, 0) is 36.8 Å². The van der Waals surface area contributed by atoms with E-state index < -0.39 is 0 Å². The first-order valence-electron chi connectivity index (χ1n) is 9.80. The number of hydrogen-bond acceptors (Lipinski definition) is 3. The molecule has 2 atom stereocenters. The lowest BCUT2D eigenvalue weighted by Gasteiger charge is -2.22. The summed E-state index contributed by atoms with van der Waals surface area (Å²) in [6, 6.07) is 14.5. The van der Waals surface area contributed by atoms with Crippen LogP contribution in [0.15, 0.2) is 42.5 Å². The van der Waals surface area contributed by atoms with Crippen LogP contribution in [0.4, 0.5) is 5.69 Å². The standard InChI is InChI=1S/C22H26N2O3/c1-16-6-2-3-7-18(16)23-22(25)15-24-11-4-8-19(24)17-9-10-20-21(14-17)27-13-5-12-26-20/h2-3,6-7,9-10,14,19H,4-5,8,11-13,15H2,1H3,(H,23,25)/p+1/t19-/m1/s1. The predicted octanol–water partition coefficient (Wildman–Crippen LogP) is 2.51. The van der Waals surface area contributed by atoms with Crippen LogP contribution >= 0.6 is 0 Å². The van der Waals surface area contributed by atoms with E-state index in [9.17, 15) is 4.79 Å². The summed E-state index contributed by atoms with van der Waals surface area (Å²) in [6.07, 6.45) is 3.13. The summed E-state index contributed by atoms with van der Waals surface area (Å²) in [5.41, 5.74) is 3.21. The Morgan fingerprint density at radius 3 is 2.78 bits per heavy atom. The molecule has 0 aromatic heterocycles. The van der Waals surface area contributed by atoms with Gasteiger partial charge in [-0.2, -0.15) is 0 Å². The van der Waals surface area contributed by atoms with E-state index in [1.54, 1.807) is 0 Å². The molecule has 1 amide bonds. The number of fused-ring (bicyclic) bond motifs is 1. The Bertz CT molecular complexity index is 821. The quantitative estimate of drug-likeness (QED) is 0.873. The minimum atomic E-state index is 0.0699. The molecule has 27 heavy (non-hydrogen) atoms. The van der Waals surface area contributed by atoms with Gasteiger partial charge in [0.05, 0.1) is 19.8 Å². The maximum Gasteiger partial charge on any atom is 0.279 e. The van der Waals surface area contributed by atoms with Gasteiger partial charge in [-0.1, -0.05) is 18.2 Å². The molecule has 0 spiro atoms. The molecule has 2 N–H and O–H groups in total. The number of quaternary nitrogens is 1. The number of likely N-dealkylation sites (tertiary alicyclic amines) is 1. The van der Waals surface area contributed by atoms with Crippen LogP contribution in [0.1, 0.15) is 36.4 Å². The molecule has 1 saturated heterocycles. The summed E-state index contributed by atoms with van der Waals surface area (Å²) in [5, 5.41) is 3.06. The minimum Gasteiger partial charge on any atom is -0.490 e. The number of carbonyl (C=O) groups is 1. The molecule has 0 radical (unpaired) electrons. The van der Waals surface area contributed by atoms with Crippen LogP contribution in [0.3, 0.4) is 0 Å². The third-order valence-electron chi connectivity index (χ3n) is 5.46. The molecular weight excluding hydrogens is 340 g/mol. The summed E-state index contributed by atoms with van der Waals surface area (Å²) in [5.74, 6) is 1.73. The van der Waals surface area contributed by atoms with Crippen molar-refractivity contribution in [3.05, 3.63) is 53.6 Å². The smallest absolute Gasteiger partial charge is 0.279 e. The first-order valence-corrected chi connectivity index (χ1v) is 9.80. The lowest BCUT2D eigenvalue weighted by Crippen LogP contribution is -3.11.